The summed E-state index contributed by atoms with van der Waals surface area (Å²) in [4.78, 5) is 13.0. The molecular weight excluding hydrogens is 412 g/mol. The van der Waals surface area contributed by atoms with E-state index in [1.165, 1.54) is 0 Å². The molecule has 0 fully saturated rings. The zero-order chi connectivity index (χ0) is 23.6. The minimum Gasteiger partial charge on any atom is -0.481 e. The van der Waals surface area contributed by atoms with E-state index in [2.05, 4.69) is 5.32 Å². The van der Waals surface area contributed by atoms with Crippen LogP contribution in [0.1, 0.15) is 30.0 Å². The summed E-state index contributed by atoms with van der Waals surface area (Å²) in [5.41, 5.74) is 9.47. The van der Waals surface area contributed by atoms with Crippen molar-refractivity contribution in [2.75, 3.05) is 0 Å². The van der Waals surface area contributed by atoms with Crippen LogP contribution >= 0.6 is 0 Å². The second kappa shape index (κ2) is 12.2. The number of nitrogens with two attached hydrogens (primary N) is 1. The van der Waals surface area contributed by atoms with E-state index in [0.29, 0.717) is 25.0 Å². The van der Waals surface area contributed by atoms with Crippen LogP contribution in [0.25, 0.3) is 0 Å². The maximum Gasteiger partial charge on any atom is 0.261 e. The highest BCUT2D eigenvalue weighted by molar-refractivity contribution is 5.81. The Morgan fingerprint density at radius 2 is 1.45 bits per heavy atom. The molecule has 3 rings (SSSR count). The van der Waals surface area contributed by atoms with E-state index < -0.39 is 18.2 Å². The molecule has 5 heteroatoms. The first-order valence-corrected chi connectivity index (χ1v) is 11.5. The van der Waals surface area contributed by atoms with Crippen molar-refractivity contribution in [1.82, 2.24) is 5.32 Å². The van der Waals surface area contributed by atoms with Crippen LogP contribution in [0.3, 0.4) is 0 Å². The maximum atomic E-state index is 13.0. The van der Waals surface area contributed by atoms with Crippen LogP contribution in [-0.2, 0) is 17.6 Å². The highest BCUT2D eigenvalue weighted by atomic mass is 16.5. The quantitative estimate of drug-likeness (QED) is 0.418. The predicted molar refractivity (Wildman–Crippen MR) is 132 cm³/mol. The number of rotatable bonds is 11. The SMILES string of the molecule is Cc1ccccc1OC(C)C(=O)NC(Cc1ccccc1)C(O)CC(N)Cc1ccccc1. The summed E-state index contributed by atoms with van der Waals surface area (Å²) in [6, 6.07) is 26.7. The summed E-state index contributed by atoms with van der Waals surface area (Å²) >= 11 is 0. The fourth-order valence-electron chi connectivity index (χ4n) is 3.86. The van der Waals surface area contributed by atoms with E-state index in [-0.39, 0.29) is 11.9 Å². The number of carbonyl (C=O) groups is 1. The lowest BCUT2D eigenvalue weighted by Crippen LogP contribution is -2.50. The van der Waals surface area contributed by atoms with Gasteiger partial charge in [-0.25, -0.2) is 0 Å². The molecule has 4 unspecified atom stereocenters. The summed E-state index contributed by atoms with van der Waals surface area (Å²) in [5.74, 6) is 0.403. The highest BCUT2D eigenvalue weighted by Gasteiger charge is 2.26. The molecule has 0 aromatic heterocycles. The van der Waals surface area contributed by atoms with Crippen molar-refractivity contribution < 1.29 is 14.6 Å². The van der Waals surface area contributed by atoms with Gasteiger partial charge in [0.25, 0.3) is 5.91 Å². The lowest BCUT2D eigenvalue weighted by Gasteiger charge is -2.28. The Bertz CT molecular complexity index is 994. The van der Waals surface area contributed by atoms with Crippen molar-refractivity contribution in [3.8, 4) is 5.75 Å². The standard InChI is InChI=1S/C28H34N2O3/c1-20-11-9-10-16-27(20)33-21(2)28(32)30-25(18-23-14-7-4-8-15-23)26(31)19-24(29)17-22-12-5-3-6-13-22/h3-16,21,24-26,31H,17-19,29H2,1-2H3,(H,30,32). The number of aliphatic hydroxyl groups excluding tert-OH is 1. The molecule has 3 aromatic rings. The van der Waals surface area contributed by atoms with E-state index >= 15 is 0 Å². The molecule has 0 aliphatic rings. The van der Waals surface area contributed by atoms with Crippen LogP contribution in [0.5, 0.6) is 5.75 Å². The number of benzene rings is 3. The molecule has 4 N–H and O–H groups in total. The largest absolute Gasteiger partial charge is 0.481 e. The van der Waals surface area contributed by atoms with Gasteiger partial charge in [0.05, 0.1) is 12.1 Å². The van der Waals surface area contributed by atoms with Gasteiger partial charge >= 0.3 is 0 Å². The van der Waals surface area contributed by atoms with Crippen molar-refractivity contribution in [3.05, 3.63) is 102 Å². The fraction of sp³-hybridized carbons (Fsp3) is 0.321. The average Bonchev–Trinajstić information content (AvgIpc) is 2.81. The summed E-state index contributed by atoms with van der Waals surface area (Å²) in [7, 11) is 0. The second-order valence-electron chi connectivity index (χ2n) is 8.58. The van der Waals surface area contributed by atoms with Crippen LogP contribution in [0.4, 0.5) is 0 Å². The molecular formula is C28H34N2O3. The number of hydrogen-bond acceptors (Lipinski definition) is 4. The molecule has 0 radical (unpaired) electrons. The van der Waals surface area contributed by atoms with Gasteiger partial charge in [-0.15, -0.1) is 0 Å². The molecule has 0 aliphatic carbocycles. The van der Waals surface area contributed by atoms with Gasteiger partial charge in [0.15, 0.2) is 6.10 Å². The molecule has 33 heavy (non-hydrogen) atoms. The van der Waals surface area contributed by atoms with Crippen LogP contribution in [0, 0.1) is 6.92 Å². The van der Waals surface area contributed by atoms with Gasteiger partial charge in [-0.05, 0) is 55.9 Å². The van der Waals surface area contributed by atoms with Gasteiger partial charge in [0.2, 0.25) is 0 Å². The molecule has 0 aliphatic heterocycles. The van der Waals surface area contributed by atoms with Crippen molar-refractivity contribution in [2.24, 2.45) is 5.73 Å². The number of hydrogen-bond donors (Lipinski definition) is 3. The Labute approximate surface area is 196 Å². The van der Waals surface area contributed by atoms with Gasteiger partial charge < -0.3 is 20.9 Å². The summed E-state index contributed by atoms with van der Waals surface area (Å²) in [5, 5.41) is 14.1. The Balaban J connectivity index is 1.66. The maximum absolute atomic E-state index is 13.0. The molecule has 0 bridgehead atoms. The van der Waals surface area contributed by atoms with Crippen LogP contribution in [0.2, 0.25) is 0 Å². The van der Waals surface area contributed by atoms with Gasteiger partial charge in [-0.2, -0.15) is 0 Å². The molecule has 0 heterocycles. The third-order valence-corrected chi connectivity index (χ3v) is 5.74. The van der Waals surface area contributed by atoms with E-state index in [9.17, 15) is 9.90 Å². The molecule has 0 spiro atoms. The summed E-state index contributed by atoms with van der Waals surface area (Å²) in [6.07, 6.45) is 0.0485. The molecule has 3 aromatic carbocycles. The third kappa shape index (κ3) is 7.74. The molecule has 5 nitrogen and oxygen atoms in total. The number of aliphatic hydroxyl groups is 1. The molecule has 0 saturated carbocycles. The number of aryl methyl sites for hydroxylation is 1. The molecule has 4 atom stereocenters. The van der Waals surface area contributed by atoms with Crippen LogP contribution in [-0.4, -0.2) is 35.3 Å². The first-order valence-electron chi connectivity index (χ1n) is 11.5. The highest BCUT2D eigenvalue weighted by Crippen LogP contribution is 2.18. The number of nitrogens with one attached hydrogen (secondary N) is 1. The van der Waals surface area contributed by atoms with Crippen molar-refractivity contribution >= 4 is 5.91 Å². The van der Waals surface area contributed by atoms with Gasteiger partial charge in [-0.1, -0.05) is 78.9 Å². The van der Waals surface area contributed by atoms with Crippen molar-refractivity contribution in [3.63, 3.8) is 0 Å². The number of para-hydroxylation sites is 1. The predicted octanol–water partition coefficient (Wildman–Crippen LogP) is 3.81. The van der Waals surface area contributed by atoms with E-state index in [4.69, 9.17) is 10.5 Å². The third-order valence-electron chi connectivity index (χ3n) is 5.74. The molecule has 0 saturated heterocycles. The molecule has 174 valence electrons. The van der Waals surface area contributed by atoms with E-state index in [1.54, 1.807) is 6.92 Å². The minimum absolute atomic E-state index is 0.224. The minimum atomic E-state index is -0.793. The summed E-state index contributed by atoms with van der Waals surface area (Å²) < 4.78 is 5.88. The zero-order valence-electron chi connectivity index (χ0n) is 19.4. The Morgan fingerprint density at radius 1 is 0.909 bits per heavy atom. The Hall–Kier alpha value is -3.15. The van der Waals surface area contributed by atoms with Gasteiger partial charge in [-0.3, -0.25) is 4.79 Å². The average molecular weight is 447 g/mol. The molecule has 1 amide bonds. The number of carbonyl (C=O) groups excluding carboxylic acids is 1. The second-order valence-corrected chi connectivity index (χ2v) is 8.58. The van der Waals surface area contributed by atoms with Crippen molar-refractivity contribution in [1.29, 1.82) is 0 Å². The first-order chi connectivity index (χ1) is 15.9. The topological polar surface area (TPSA) is 84.6 Å². The smallest absolute Gasteiger partial charge is 0.261 e. The van der Waals surface area contributed by atoms with Gasteiger partial charge in [0.1, 0.15) is 5.75 Å². The first kappa shape index (κ1) is 24.5. The van der Waals surface area contributed by atoms with E-state index in [1.807, 2.05) is 91.9 Å². The van der Waals surface area contributed by atoms with Gasteiger partial charge in [0, 0.05) is 6.04 Å². The fourth-order valence-corrected chi connectivity index (χ4v) is 3.86. The Morgan fingerprint density at radius 3 is 2.06 bits per heavy atom. The summed E-state index contributed by atoms with van der Waals surface area (Å²) in [6.45, 7) is 3.66. The normalized spacial score (nSPS) is 14.7. The van der Waals surface area contributed by atoms with E-state index in [0.717, 1.165) is 16.7 Å². The van der Waals surface area contributed by atoms with Crippen molar-refractivity contribution in [2.45, 2.75) is 57.4 Å². The lowest BCUT2D eigenvalue weighted by molar-refractivity contribution is -0.129. The Kier molecular flexibility index (Phi) is 9.04. The number of ether oxygens (including phenoxy) is 1. The number of amides is 1. The lowest BCUT2D eigenvalue weighted by atomic mass is 9.94. The van der Waals surface area contributed by atoms with Crippen LogP contribution < -0.4 is 15.8 Å². The van der Waals surface area contributed by atoms with Crippen LogP contribution in [0.15, 0.2) is 84.9 Å². The zero-order valence-corrected chi connectivity index (χ0v) is 19.4. The monoisotopic (exact) mass is 446 g/mol.